The third-order valence-corrected chi connectivity index (χ3v) is 5.04. The van der Waals surface area contributed by atoms with Gasteiger partial charge in [-0.1, -0.05) is 37.3 Å². The number of nitrogens with zero attached hydrogens (tertiary/aromatic N) is 1. The summed E-state index contributed by atoms with van der Waals surface area (Å²) in [6.07, 6.45) is 2.48. The van der Waals surface area contributed by atoms with E-state index in [4.69, 9.17) is 14.2 Å². The Morgan fingerprint density at radius 1 is 1.06 bits per heavy atom. The normalized spacial score (nSPS) is 10.7. The lowest BCUT2D eigenvalue weighted by Gasteiger charge is -2.13. The van der Waals surface area contributed by atoms with Crippen LogP contribution >= 0.6 is 15.9 Å². The summed E-state index contributed by atoms with van der Waals surface area (Å²) in [6, 6.07) is 20.5. The van der Waals surface area contributed by atoms with E-state index in [0.29, 0.717) is 30.3 Å². The minimum Gasteiger partial charge on any atom is -0.494 e. The molecule has 32 heavy (non-hydrogen) atoms. The van der Waals surface area contributed by atoms with E-state index in [2.05, 4.69) is 26.5 Å². The first-order chi connectivity index (χ1) is 15.6. The van der Waals surface area contributed by atoms with Crippen LogP contribution in [0.25, 0.3) is 0 Å². The third-order valence-electron chi connectivity index (χ3n) is 4.45. The number of carbonyl (C=O) groups excluding carboxylic acids is 1. The summed E-state index contributed by atoms with van der Waals surface area (Å²) < 4.78 is 17.7. The lowest BCUT2D eigenvalue weighted by atomic mass is 10.2. The van der Waals surface area contributed by atoms with E-state index in [9.17, 15) is 4.79 Å². The summed E-state index contributed by atoms with van der Waals surface area (Å²) in [5, 5.41) is 4.06. The Balaban J connectivity index is 1.62. The summed E-state index contributed by atoms with van der Waals surface area (Å²) in [6.45, 7) is 3.10. The van der Waals surface area contributed by atoms with Crippen molar-refractivity contribution in [3.8, 4) is 17.2 Å². The van der Waals surface area contributed by atoms with Crippen molar-refractivity contribution in [3.05, 3.63) is 87.9 Å². The van der Waals surface area contributed by atoms with Gasteiger partial charge in [0.1, 0.15) is 12.4 Å². The van der Waals surface area contributed by atoms with Crippen LogP contribution in [-0.4, -0.2) is 25.8 Å². The summed E-state index contributed by atoms with van der Waals surface area (Å²) in [5.74, 6) is 1.59. The molecule has 3 rings (SSSR count). The Bertz CT molecular complexity index is 1050. The fourth-order valence-corrected chi connectivity index (χ4v) is 3.41. The smallest absolute Gasteiger partial charge is 0.271 e. The number of rotatable bonds is 10. The van der Waals surface area contributed by atoms with Crippen molar-refractivity contribution in [1.29, 1.82) is 0 Å². The maximum Gasteiger partial charge on any atom is 0.271 e. The molecule has 0 atom stereocenters. The van der Waals surface area contributed by atoms with Crippen molar-refractivity contribution in [2.24, 2.45) is 5.10 Å². The van der Waals surface area contributed by atoms with Crippen LogP contribution in [0.2, 0.25) is 0 Å². The van der Waals surface area contributed by atoms with Gasteiger partial charge in [-0.15, -0.1) is 0 Å². The minimum absolute atomic E-state index is 0.308. The molecular weight excluding hydrogens is 472 g/mol. The highest BCUT2D eigenvalue weighted by Gasteiger charge is 2.12. The van der Waals surface area contributed by atoms with Gasteiger partial charge in [0.2, 0.25) is 0 Å². The van der Waals surface area contributed by atoms with E-state index in [-0.39, 0.29) is 5.91 Å². The van der Waals surface area contributed by atoms with Crippen molar-refractivity contribution in [1.82, 2.24) is 5.43 Å². The van der Waals surface area contributed by atoms with Gasteiger partial charge >= 0.3 is 0 Å². The number of halogens is 1. The average molecular weight is 497 g/mol. The molecule has 0 radical (unpaired) electrons. The molecule has 0 bridgehead atoms. The third kappa shape index (κ3) is 6.59. The Labute approximate surface area is 196 Å². The Hall–Kier alpha value is -3.32. The lowest BCUT2D eigenvalue weighted by Crippen LogP contribution is -2.17. The molecule has 3 aromatic rings. The molecule has 1 amide bonds. The molecule has 0 aromatic heterocycles. The second-order valence-corrected chi connectivity index (χ2v) is 7.73. The molecule has 0 spiro atoms. The molecule has 166 valence electrons. The first kappa shape index (κ1) is 23.3. The van der Waals surface area contributed by atoms with Crippen molar-refractivity contribution >= 4 is 28.1 Å². The van der Waals surface area contributed by atoms with E-state index < -0.39 is 0 Å². The predicted octanol–water partition coefficient (Wildman–Crippen LogP) is 5.59. The van der Waals surface area contributed by atoms with E-state index >= 15 is 0 Å². The van der Waals surface area contributed by atoms with Gasteiger partial charge in [-0.05, 0) is 69.9 Å². The molecule has 0 aliphatic rings. The lowest BCUT2D eigenvalue weighted by molar-refractivity contribution is 0.0955. The number of amides is 1. The molecule has 0 saturated carbocycles. The fourth-order valence-electron chi connectivity index (χ4n) is 2.84. The molecule has 1 N–H and O–H groups in total. The molecule has 0 fully saturated rings. The van der Waals surface area contributed by atoms with Gasteiger partial charge in [0.25, 0.3) is 5.91 Å². The van der Waals surface area contributed by atoms with Gasteiger partial charge in [-0.25, -0.2) is 5.43 Å². The van der Waals surface area contributed by atoms with Crippen LogP contribution in [-0.2, 0) is 6.61 Å². The number of hydrogen-bond donors (Lipinski definition) is 1. The van der Waals surface area contributed by atoms with Gasteiger partial charge in [0.15, 0.2) is 11.5 Å². The van der Waals surface area contributed by atoms with Crippen LogP contribution in [0.3, 0.4) is 0 Å². The maximum absolute atomic E-state index is 12.3. The SMILES string of the molecule is CCCOc1ccc(C(=O)N/N=C\c2cc(Br)c(OCc3ccccc3)c(OC)c2)cc1. The van der Waals surface area contributed by atoms with Gasteiger partial charge in [0.05, 0.1) is 24.4 Å². The van der Waals surface area contributed by atoms with Gasteiger partial charge in [0, 0.05) is 5.56 Å². The van der Waals surface area contributed by atoms with E-state index in [1.807, 2.05) is 43.3 Å². The second-order valence-electron chi connectivity index (χ2n) is 6.88. The highest BCUT2D eigenvalue weighted by atomic mass is 79.9. The minimum atomic E-state index is -0.308. The predicted molar refractivity (Wildman–Crippen MR) is 129 cm³/mol. The number of methoxy groups -OCH3 is 1. The zero-order chi connectivity index (χ0) is 22.8. The van der Waals surface area contributed by atoms with Gasteiger partial charge < -0.3 is 14.2 Å². The van der Waals surface area contributed by atoms with E-state index in [0.717, 1.165) is 27.8 Å². The average Bonchev–Trinajstić information content (AvgIpc) is 2.82. The fraction of sp³-hybridized carbons (Fsp3) is 0.200. The Morgan fingerprint density at radius 3 is 2.50 bits per heavy atom. The molecule has 0 aliphatic carbocycles. The second kappa shape index (κ2) is 11.9. The van der Waals surface area contributed by atoms with Crippen LogP contribution in [0.5, 0.6) is 17.2 Å². The maximum atomic E-state index is 12.3. The zero-order valence-electron chi connectivity index (χ0n) is 18.0. The molecule has 6 nitrogen and oxygen atoms in total. The first-order valence-electron chi connectivity index (χ1n) is 10.2. The highest BCUT2D eigenvalue weighted by Crippen LogP contribution is 2.36. The van der Waals surface area contributed by atoms with Crippen molar-refractivity contribution < 1.29 is 19.0 Å². The molecule has 0 heterocycles. The summed E-state index contributed by atoms with van der Waals surface area (Å²) in [7, 11) is 1.58. The Kier molecular flexibility index (Phi) is 8.69. The molecule has 0 saturated heterocycles. The molecule has 0 unspecified atom stereocenters. The number of carbonyl (C=O) groups is 1. The van der Waals surface area contributed by atoms with E-state index in [1.165, 1.54) is 0 Å². The number of hydrogen-bond acceptors (Lipinski definition) is 5. The first-order valence-corrected chi connectivity index (χ1v) is 11.0. The van der Waals surface area contributed by atoms with Crippen LogP contribution in [0.15, 0.2) is 76.3 Å². The summed E-state index contributed by atoms with van der Waals surface area (Å²) in [5.41, 5.74) is 4.82. The van der Waals surface area contributed by atoms with Crippen LogP contribution in [0.4, 0.5) is 0 Å². The van der Waals surface area contributed by atoms with Gasteiger partial charge in [-0.2, -0.15) is 5.10 Å². The number of benzene rings is 3. The summed E-state index contributed by atoms with van der Waals surface area (Å²) >= 11 is 3.53. The number of nitrogens with one attached hydrogen (secondary N) is 1. The molecule has 0 aliphatic heterocycles. The van der Waals surface area contributed by atoms with Crippen LogP contribution in [0, 0.1) is 0 Å². The standard InChI is InChI=1S/C25H25BrN2O4/c1-3-13-31-21-11-9-20(10-12-21)25(29)28-27-16-19-14-22(26)24(23(15-19)30-2)32-17-18-7-5-4-6-8-18/h4-12,14-16H,3,13,17H2,1-2H3,(H,28,29)/b27-16-. The largest absolute Gasteiger partial charge is 0.494 e. The van der Waals surface area contributed by atoms with Gasteiger partial charge in [-0.3, -0.25) is 4.79 Å². The monoisotopic (exact) mass is 496 g/mol. The Morgan fingerprint density at radius 2 is 1.81 bits per heavy atom. The van der Waals surface area contributed by atoms with Crippen LogP contribution < -0.4 is 19.6 Å². The highest BCUT2D eigenvalue weighted by molar-refractivity contribution is 9.10. The molecular formula is C25H25BrN2O4. The van der Waals surface area contributed by atoms with Crippen molar-refractivity contribution in [3.63, 3.8) is 0 Å². The van der Waals surface area contributed by atoms with E-state index in [1.54, 1.807) is 43.7 Å². The summed E-state index contributed by atoms with van der Waals surface area (Å²) in [4.78, 5) is 12.3. The quantitative estimate of drug-likeness (QED) is 0.293. The molecule has 3 aromatic carbocycles. The number of hydrazone groups is 1. The van der Waals surface area contributed by atoms with Crippen molar-refractivity contribution in [2.75, 3.05) is 13.7 Å². The van der Waals surface area contributed by atoms with Crippen LogP contribution in [0.1, 0.15) is 34.8 Å². The molecule has 7 heteroatoms. The van der Waals surface area contributed by atoms with Crippen molar-refractivity contribution in [2.45, 2.75) is 20.0 Å². The zero-order valence-corrected chi connectivity index (χ0v) is 19.6. The number of ether oxygens (including phenoxy) is 3. The topological polar surface area (TPSA) is 69.2 Å².